The maximum Gasteiger partial charge on any atom is 0.312 e. The summed E-state index contributed by atoms with van der Waals surface area (Å²) in [7, 11) is 0. The van der Waals surface area contributed by atoms with Crippen LogP contribution < -0.4 is 16.2 Å². The van der Waals surface area contributed by atoms with Gasteiger partial charge in [0.05, 0.1) is 11.6 Å². The molecule has 1 saturated heterocycles. The van der Waals surface area contributed by atoms with E-state index >= 15 is 0 Å². The van der Waals surface area contributed by atoms with Crippen molar-refractivity contribution in [3.05, 3.63) is 29.8 Å². The second-order valence-corrected chi connectivity index (χ2v) is 4.15. The molecule has 1 unspecified atom stereocenters. The fourth-order valence-corrected chi connectivity index (χ4v) is 1.94. The lowest BCUT2D eigenvalue weighted by Gasteiger charge is -2.18. The molecular formula is C12H15N3O3. The number of nitrogens with two attached hydrogens (primary N) is 1. The highest BCUT2D eigenvalue weighted by atomic mass is 16.4. The Morgan fingerprint density at radius 3 is 2.56 bits per heavy atom. The topological polar surface area (TPSA) is 95.7 Å². The minimum absolute atomic E-state index is 0.00977. The van der Waals surface area contributed by atoms with Crippen molar-refractivity contribution in [3.8, 4) is 0 Å². The van der Waals surface area contributed by atoms with Crippen molar-refractivity contribution < 1.29 is 14.7 Å². The third kappa shape index (κ3) is 2.43. The smallest absolute Gasteiger partial charge is 0.312 e. The summed E-state index contributed by atoms with van der Waals surface area (Å²) in [5.41, 5.74) is 9.65. The molecule has 18 heavy (non-hydrogen) atoms. The Hall–Kier alpha value is -2.08. The average Bonchev–Trinajstić information content (AvgIpc) is 2.77. The standard InChI is InChI=1S/C12H15N3O3/c13-7-10(12(17)18)8-1-3-9(4-2-8)15-6-5-11(16)14-15/h1-4,10H,5-7,13H2,(H,14,16)(H,17,18). The van der Waals surface area contributed by atoms with Crippen molar-refractivity contribution in [1.82, 2.24) is 5.43 Å². The first-order chi connectivity index (χ1) is 8.61. The lowest BCUT2D eigenvalue weighted by atomic mass is 9.99. The second-order valence-electron chi connectivity index (χ2n) is 4.15. The minimum atomic E-state index is -0.931. The van der Waals surface area contributed by atoms with Gasteiger partial charge in [0, 0.05) is 19.5 Å². The first-order valence-corrected chi connectivity index (χ1v) is 5.71. The number of hydrazine groups is 1. The zero-order valence-electron chi connectivity index (χ0n) is 9.80. The van der Waals surface area contributed by atoms with Crippen molar-refractivity contribution in [1.29, 1.82) is 0 Å². The molecule has 0 bridgehead atoms. The van der Waals surface area contributed by atoms with Crippen LogP contribution in [-0.4, -0.2) is 30.1 Å². The maximum absolute atomic E-state index is 11.1. The van der Waals surface area contributed by atoms with Crippen LogP contribution in [0.15, 0.2) is 24.3 Å². The molecule has 0 radical (unpaired) electrons. The zero-order chi connectivity index (χ0) is 13.1. The quantitative estimate of drug-likeness (QED) is 0.701. The molecular weight excluding hydrogens is 234 g/mol. The summed E-state index contributed by atoms with van der Waals surface area (Å²) in [6, 6.07) is 7.02. The Bertz CT molecular complexity index is 458. The van der Waals surface area contributed by atoms with Gasteiger partial charge in [-0.3, -0.25) is 20.0 Å². The zero-order valence-corrected chi connectivity index (χ0v) is 9.80. The number of hydrogen-bond donors (Lipinski definition) is 3. The lowest BCUT2D eigenvalue weighted by molar-refractivity contribution is -0.138. The van der Waals surface area contributed by atoms with E-state index in [4.69, 9.17) is 10.8 Å². The molecule has 6 nitrogen and oxygen atoms in total. The Morgan fingerprint density at radius 1 is 1.44 bits per heavy atom. The minimum Gasteiger partial charge on any atom is -0.481 e. The summed E-state index contributed by atoms with van der Waals surface area (Å²) >= 11 is 0. The molecule has 2 rings (SSSR count). The molecule has 1 aliphatic heterocycles. The molecule has 0 aliphatic carbocycles. The van der Waals surface area contributed by atoms with Crippen LogP contribution in [0.25, 0.3) is 0 Å². The Kier molecular flexibility index (Phi) is 3.47. The lowest BCUT2D eigenvalue weighted by Crippen LogP contribution is -2.32. The maximum atomic E-state index is 11.1. The first kappa shape index (κ1) is 12.4. The number of aliphatic carboxylic acids is 1. The van der Waals surface area contributed by atoms with Crippen LogP contribution in [0.2, 0.25) is 0 Å². The molecule has 6 heteroatoms. The van der Waals surface area contributed by atoms with E-state index in [1.165, 1.54) is 0 Å². The number of carboxylic acid groups (broad SMARTS) is 1. The number of carboxylic acids is 1. The number of benzene rings is 1. The number of hydrogen-bond acceptors (Lipinski definition) is 4. The molecule has 1 heterocycles. The van der Waals surface area contributed by atoms with Crippen LogP contribution in [0, 0.1) is 0 Å². The van der Waals surface area contributed by atoms with E-state index in [-0.39, 0.29) is 12.5 Å². The number of carbonyl (C=O) groups is 2. The van der Waals surface area contributed by atoms with Gasteiger partial charge in [0.15, 0.2) is 0 Å². The van der Waals surface area contributed by atoms with Crippen LogP contribution in [0.3, 0.4) is 0 Å². The van der Waals surface area contributed by atoms with Gasteiger partial charge in [-0.2, -0.15) is 0 Å². The van der Waals surface area contributed by atoms with Gasteiger partial charge >= 0.3 is 5.97 Å². The molecule has 96 valence electrons. The second kappa shape index (κ2) is 5.05. The summed E-state index contributed by atoms with van der Waals surface area (Å²) < 4.78 is 0. The highest BCUT2D eigenvalue weighted by Crippen LogP contribution is 2.21. The van der Waals surface area contributed by atoms with Crippen molar-refractivity contribution >= 4 is 17.6 Å². The normalized spacial score (nSPS) is 16.5. The number of anilines is 1. The first-order valence-electron chi connectivity index (χ1n) is 5.71. The highest BCUT2D eigenvalue weighted by Gasteiger charge is 2.20. The van der Waals surface area contributed by atoms with E-state index in [9.17, 15) is 9.59 Å². The van der Waals surface area contributed by atoms with Gasteiger partial charge in [0.1, 0.15) is 0 Å². The molecule has 1 aliphatic rings. The van der Waals surface area contributed by atoms with Crippen LogP contribution in [0.5, 0.6) is 0 Å². The van der Waals surface area contributed by atoms with E-state index in [2.05, 4.69) is 5.43 Å². The van der Waals surface area contributed by atoms with E-state index in [1.807, 2.05) is 0 Å². The third-order valence-corrected chi connectivity index (χ3v) is 2.96. The molecule has 0 aromatic heterocycles. The van der Waals surface area contributed by atoms with E-state index in [0.29, 0.717) is 18.5 Å². The predicted molar refractivity (Wildman–Crippen MR) is 66.0 cm³/mol. The average molecular weight is 249 g/mol. The Labute approximate surface area is 104 Å². The SMILES string of the molecule is NCC(C(=O)O)c1ccc(N2CCC(=O)N2)cc1. The number of rotatable bonds is 4. The largest absolute Gasteiger partial charge is 0.481 e. The van der Waals surface area contributed by atoms with Crippen LogP contribution in [0.1, 0.15) is 17.9 Å². The summed E-state index contributed by atoms with van der Waals surface area (Å²) in [5.74, 6) is -1.63. The number of amides is 1. The van der Waals surface area contributed by atoms with E-state index < -0.39 is 11.9 Å². The fourth-order valence-electron chi connectivity index (χ4n) is 1.94. The van der Waals surface area contributed by atoms with Crippen LogP contribution in [0.4, 0.5) is 5.69 Å². The molecule has 1 amide bonds. The van der Waals surface area contributed by atoms with Gasteiger partial charge in [0.2, 0.25) is 5.91 Å². The highest BCUT2D eigenvalue weighted by molar-refractivity contribution is 5.81. The molecule has 0 spiro atoms. The number of nitrogens with zero attached hydrogens (tertiary/aromatic N) is 1. The molecule has 1 aromatic rings. The van der Waals surface area contributed by atoms with Gasteiger partial charge in [-0.1, -0.05) is 12.1 Å². The summed E-state index contributed by atoms with van der Waals surface area (Å²) in [6.07, 6.45) is 0.475. The summed E-state index contributed by atoms with van der Waals surface area (Å²) in [6.45, 7) is 0.687. The van der Waals surface area contributed by atoms with Gasteiger partial charge in [0.25, 0.3) is 0 Å². The molecule has 0 saturated carbocycles. The van der Waals surface area contributed by atoms with Gasteiger partial charge in [-0.15, -0.1) is 0 Å². The number of nitrogens with one attached hydrogen (secondary N) is 1. The van der Waals surface area contributed by atoms with Crippen LogP contribution >= 0.6 is 0 Å². The summed E-state index contributed by atoms with van der Waals surface area (Å²) in [4.78, 5) is 22.1. The van der Waals surface area contributed by atoms with Gasteiger partial charge in [-0.05, 0) is 17.7 Å². The monoisotopic (exact) mass is 249 g/mol. The number of carbonyl (C=O) groups excluding carboxylic acids is 1. The molecule has 1 fully saturated rings. The van der Waals surface area contributed by atoms with Gasteiger partial charge in [-0.25, -0.2) is 0 Å². The molecule has 1 aromatic carbocycles. The van der Waals surface area contributed by atoms with Crippen molar-refractivity contribution in [2.75, 3.05) is 18.1 Å². The Morgan fingerprint density at radius 2 is 2.11 bits per heavy atom. The molecule has 4 N–H and O–H groups in total. The van der Waals surface area contributed by atoms with Crippen molar-refractivity contribution in [3.63, 3.8) is 0 Å². The predicted octanol–water partition coefficient (Wildman–Crippen LogP) is 0.0548. The van der Waals surface area contributed by atoms with E-state index in [0.717, 1.165) is 5.69 Å². The third-order valence-electron chi connectivity index (χ3n) is 2.96. The van der Waals surface area contributed by atoms with E-state index in [1.54, 1.807) is 29.3 Å². The summed E-state index contributed by atoms with van der Waals surface area (Å²) in [5, 5.41) is 10.7. The van der Waals surface area contributed by atoms with Crippen molar-refractivity contribution in [2.24, 2.45) is 5.73 Å². The molecule has 1 atom stereocenters. The van der Waals surface area contributed by atoms with Crippen LogP contribution in [-0.2, 0) is 9.59 Å². The van der Waals surface area contributed by atoms with Gasteiger partial charge < -0.3 is 10.8 Å². The Balaban J connectivity index is 2.14. The van der Waals surface area contributed by atoms with Crippen molar-refractivity contribution in [2.45, 2.75) is 12.3 Å². The fraction of sp³-hybridized carbons (Fsp3) is 0.333.